The molecule has 3 aromatic rings. The summed E-state index contributed by atoms with van der Waals surface area (Å²) in [6, 6.07) is 12.1. The van der Waals surface area contributed by atoms with E-state index in [-0.39, 0.29) is 5.82 Å². The zero-order chi connectivity index (χ0) is 16.2. The van der Waals surface area contributed by atoms with Crippen LogP contribution in [0.3, 0.4) is 0 Å². The Morgan fingerprint density at radius 1 is 1.13 bits per heavy atom. The van der Waals surface area contributed by atoms with Gasteiger partial charge in [-0.15, -0.1) is 22.0 Å². The van der Waals surface area contributed by atoms with Crippen LogP contribution in [-0.2, 0) is 11.5 Å². The van der Waals surface area contributed by atoms with Crippen molar-refractivity contribution >= 4 is 39.3 Å². The second-order valence-electron chi connectivity index (χ2n) is 4.71. The second-order valence-corrected chi connectivity index (χ2v) is 6.96. The van der Waals surface area contributed by atoms with Crippen molar-refractivity contribution in [3.63, 3.8) is 0 Å². The molecule has 0 amide bonds. The minimum Gasteiger partial charge on any atom is -0.420 e. The largest absolute Gasteiger partial charge is 0.420 e. The minimum atomic E-state index is -0.335. The first kappa shape index (κ1) is 16.5. The summed E-state index contributed by atoms with van der Waals surface area (Å²) in [5.74, 6) is 1.89. The molecule has 0 spiro atoms. The number of nitrogens with zero attached hydrogens (tertiary/aromatic N) is 2. The lowest BCUT2D eigenvalue weighted by atomic mass is 10.2. The summed E-state index contributed by atoms with van der Waals surface area (Å²) in [6.07, 6.45) is 0. The first-order valence-electron chi connectivity index (χ1n) is 6.72. The highest BCUT2D eigenvalue weighted by molar-refractivity contribution is 9.10. The molecule has 0 saturated heterocycles. The fraction of sp³-hybridized carbons (Fsp3) is 0.125. The lowest BCUT2D eigenvalue weighted by Gasteiger charge is -2.02. The third kappa shape index (κ3) is 4.13. The zero-order valence-electron chi connectivity index (χ0n) is 11.8. The molecule has 0 bridgehead atoms. The van der Waals surface area contributed by atoms with Crippen molar-refractivity contribution in [2.45, 2.75) is 11.5 Å². The van der Waals surface area contributed by atoms with Crippen LogP contribution in [0.25, 0.3) is 11.5 Å². The van der Waals surface area contributed by atoms with Crippen LogP contribution in [0.1, 0.15) is 11.5 Å². The van der Waals surface area contributed by atoms with Crippen LogP contribution < -0.4 is 0 Å². The standard InChI is InChI=1S/C16H11BrClFN2OS/c17-13-4-2-1-3-12(13)16-21-20-15(22-16)9-23-8-10-5-6-11(19)7-14(10)18/h1-7H,8-9H2. The molecular weight excluding hydrogens is 403 g/mol. The van der Waals surface area contributed by atoms with E-state index in [4.69, 9.17) is 16.0 Å². The SMILES string of the molecule is Fc1ccc(CSCc2nnc(-c3ccccc3Br)o2)c(Cl)c1. The molecule has 0 radical (unpaired) electrons. The van der Waals surface area contributed by atoms with Crippen molar-refractivity contribution in [1.29, 1.82) is 0 Å². The van der Waals surface area contributed by atoms with Crippen LogP contribution in [0.4, 0.5) is 4.39 Å². The van der Waals surface area contributed by atoms with E-state index < -0.39 is 0 Å². The fourth-order valence-electron chi connectivity index (χ4n) is 1.94. The molecule has 118 valence electrons. The van der Waals surface area contributed by atoms with Gasteiger partial charge in [-0.05, 0) is 45.8 Å². The number of benzene rings is 2. The molecule has 0 aliphatic heterocycles. The summed E-state index contributed by atoms with van der Waals surface area (Å²) in [5.41, 5.74) is 1.74. The Kier molecular flexibility index (Phi) is 5.35. The smallest absolute Gasteiger partial charge is 0.248 e. The molecule has 3 nitrogen and oxygen atoms in total. The van der Waals surface area contributed by atoms with Crippen molar-refractivity contribution in [2.24, 2.45) is 0 Å². The molecule has 2 aromatic carbocycles. The summed E-state index contributed by atoms with van der Waals surface area (Å²) in [6.45, 7) is 0. The molecule has 0 aliphatic rings. The van der Waals surface area contributed by atoms with Gasteiger partial charge in [0.25, 0.3) is 0 Å². The molecule has 0 N–H and O–H groups in total. The Bertz CT molecular complexity index is 827. The van der Waals surface area contributed by atoms with E-state index in [1.807, 2.05) is 24.3 Å². The number of aromatic nitrogens is 2. The van der Waals surface area contributed by atoms with Crippen molar-refractivity contribution in [3.05, 3.63) is 69.2 Å². The van der Waals surface area contributed by atoms with Crippen LogP contribution in [0.5, 0.6) is 0 Å². The van der Waals surface area contributed by atoms with Crippen molar-refractivity contribution in [1.82, 2.24) is 10.2 Å². The molecule has 7 heteroatoms. The summed E-state index contributed by atoms with van der Waals surface area (Å²) in [4.78, 5) is 0. The van der Waals surface area contributed by atoms with Gasteiger partial charge in [0.05, 0.1) is 11.3 Å². The van der Waals surface area contributed by atoms with Crippen LogP contribution in [0, 0.1) is 5.82 Å². The second kappa shape index (κ2) is 7.47. The van der Waals surface area contributed by atoms with Gasteiger partial charge in [0.2, 0.25) is 11.8 Å². The molecule has 0 saturated carbocycles. The third-order valence-electron chi connectivity index (χ3n) is 3.07. The minimum absolute atomic E-state index is 0.335. The van der Waals surface area contributed by atoms with Gasteiger partial charge in [-0.1, -0.05) is 29.8 Å². The van der Waals surface area contributed by atoms with E-state index in [9.17, 15) is 4.39 Å². The quantitative estimate of drug-likeness (QED) is 0.536. The topological polar surface area (TPSA) is 38.9 Å². The number of halogens is 3. The average Bonchev–Trinajstić information content (AvgIpc) is 2.98. The molecule has 0 fully saturated rings. The predicted octanol–water partition coefficient (Wildman–Crippen LogP) is 5.73. The zero-order valence-corrected chi connectivity index (χ0v) is 15.0. The Morgan fingerprint density at radius 3 is 2.74 bits per heavy atom. The number of hydrogen-bond donors (Lipinski definition) is 0. The van der Waals surface area contributed by atoms with Gasteiger partial charge in [0.1, 0.15) is 5.82 Å². The van der Waals surface area contributed by atoms with E-state index in [2.05, 4.69) is 26.1 Å². The Labute approximate surface area is 150 Å². The van der Waals surface area contributed by atoms with E-state index in [0.29, 0.717) is 28.3 Å². The maximum Gasteiger partial charge on any atom is 0.248 e. The highest BCUT2D eigenvalue weighted by Crippen LogP contribution is 2.28. The fourth-order valence-corrected chi connectivity index (χ4v) is 3.58. The number of hydrogen-bond acceptors (Lipinski definition) is 4. The highest BCUT2D eigenvalue weighted by atomic mass is 79.9. The number of thioether (sulfide) groups is 1. The molecule has 0 atom stereocenters. The Balaban J connectivity index is 1.63. The summed E-state index contributed by atoms with van der Waals surface area (Å²) in [5, 5.41) is 8.54. The normalized spacial score (nSPS) is 10.9. The molecule has 1 aromatic heterocycles. The monoisotopic (exact) mass is 412 g/mol. The van der Waals surface area contributed by atoms with Crippen molar-refractivity contribution in [2.75, 3.05) is 0 Å². The molecule has 0 aliphatic carbocycles. The van der Waals surface area contributed by atoms with E-state index in [1.165, 1.54) is 12.1 Å². The van der Waals surface area contributed by atoms with E-state index in [0.717, 1.165) is 15.6 Å². The first-order chi connectivity index (χ1) is 11.1. The summed E-state index contributed by atoms with van der Waals surface area (Å²) < 4.78 is 19.6. The van der Waals surface area contributed by atoms with Crippen molar-refractivity contribution < 1.29 is 8.81 Å². The van der Waals surface area contributed by atoms with Gasteiger partial charge in [0.15, 0.2) is 0 Å². The van der Waals surface area contributed by atoms with Crippen molar-refractivity contribution in [3.8, 4) is 11.5 Å². The van der Waals surface area contributed by atoms with Gasteiger partial charge < -0.3 is 4.42 Å². The molecule has 3 rings (SSSR count). The third-order valence-corrected chi connectivity index (χ3v) is 5.08. The molecule has 23 heavy (non-hydrogen) atoms. The molecule has 1 heterocycles. The average molecular weight is 414 g/mol. The van der Waals surface area contributed by atoms with E-state index >= 15 is 0 Å². The van der Waals surface area contributed by atoms with Gasteiger partial charge in [-0.3, -0.25) is 0 Å². The predicted molar refractivity (Wildman–Crippen MR) is 93.8 cm³/mol. The van der Waals surface area contributed by atoms with Gasteiger partial charge in [-0.25, -0.2) is 4.39 Å². The van der Waals surface area contributed by atoms with Gasteiger partial charge in [-0.2, -0.15) is 0 Å². The summed E-state index contributed by atoms with van der Waals surface area (Å²) >= 11 is 11.0. The molecular formula is C16H11BrClFN2OS. The highest BCUT2D eigenvalue weighted by Gasteiger charge is 2.11. The van der Waals surface area contributed by atoms with E-state index in [1.54, 1.807) is 17.8 Å². The van der Waals surface area contributed by atoms with Crippen LogP contribution in [0.15, 0.2) is 51.4 Å². The number of rotatable bonds is 5. The molecule has 0 unspecified atom stereocenters. The van der Waals surface area contributed by atoms with Gasteiger partial charge >= 0.3 is 0 Å². The van der Waals surface area contributed by atoms with Crippen LogP contribution in [0.2, 0.25) is 5.02 Å². The lowest BCUT2D eigenvalue weighted by Crippen LogP contribution is -1.86. The van der Waals surface area contributed by atoms with Crippen LogP contribution in [-0.4, -0.2) is 10.2 Å². The Hall–Kier alpha value is -1.37. The first-order valence-corrected chi connectivity index (χ1v) is 9.05. The maximum absolute atomic E-state index is 13.0. The Morgan fingerprint density at radius 2 is 1.96 bits per heavy atom. The summed E-state index contributed by atoms with van der Waals surface area (Å²) in [7, 11) is 0. The van der Waals surface area contributed by atoms with Gasteiger partial charge in [0, 0.05) is 15.2 Å². The lowest BCUT2D eigenvalue weighted by molar-refractivity contribution is 0.528. The maximum atomic E-state index is 13.0. The van der Waals surface area contributed by atoms with Crippen LogP contribution >= 0.6 is 39.3 Å².